The van der Waals surface area contributed by atoms with Gasteiger partial charge in [-0.05, 0) is 49.9 Å². The highest BCUT2D eigenvalue weighted by atomic mass is 16.5. The number of rotatable bonds is 7. The Morgan fingerprint density at radius 1 is 0.926 bits per heavy atom. The number of ether oxygens (including phenoxy) is 2. The lowest BCUT2D eigenvalue weighted by atomic mass is 10.1. The van der Waals surface area contributed by atoms with E-state index in [2.05, 4.69) is 10.9 Å². The lowest BCUT2D eigenvalue weighted by Crippen LogP contribution is -2.49. The van der Waals surface area contributed by atoms with Crippen LogP contribution in [-0.2, 0) is 9.59 Å². The first-order chi connectivity index (χ1) is 12.9. The van der Waals surface area contributed by atoms with Crippen LogP contribution < -0.4 is 20.3 Å². The molecule has 0 heterocycles. The molecule has 0 aromatic heterocycles. The van der Waals surface area contributed by atoms with Crippen molar-refractivity contribution in [1.29, 1.82) is 0 Å². The average molecular weight is 370 g/mol. The van der Waals surface area contributed by atoms with Gasteiger partial charge in [0.1, 0.15) is 11.5 Å². The van der Waals surface area contributed by atoms with E-state index in [1.807, 2.05) is 70.2 Å². The minimum absolute atomic E-state index is 0.193. The normalized spacial score (nSPS) is 11.4. The smallest absolute Gasteiger partial charge is 0.279 e. The second-order valence-corrected chi connectivity index (χ2v) is 6.33. The molecule has 0 fully saturated rings. The maximum Gasteiger partial charge on any atom is 0.279 e. The van der Waals surface area contributed by atoms with E-state index in [9.17, 15) is 9.59 Å². The topological polar surface area (TPSA) is 76.7 Å². The molecule has 1 unspecified atom stereocenters. The van der Waals surface area contributed by atoms with Crippen molar-refractivity contribution in [2.24, 2.45) is 0 Å². The molecule has 6 nitrogen and oxygen atoms in total. The molecular weight excluding hydrogens is 344 g/mol. The zero-order chi connectivity index (χ0) is 19.8. The van der Waals surface area contributed by atoms with Gasteiger partial charge in [-0.15, -0.1) is 0 Å². The fraction of sp³-hybridized carbons (Fsp3) is 0.333. The number of amides is 2. The number of benzene rings is 2. The molecule has 27 heavy (non-hydrogen) atoms. The van der Waals surface area contributed by atoms with E-state index in [0.717, 1.165) is 16.7 Å². The van der Waals surface area contributed by atoms with E-state index >= 15 is 0 Å². The third kappa shape index (κ3) is 5.74. The van der Waals surface area contributed by atoms with Gasteiger partial charge in [0.25, 0.3) is 11.8 Å². The summed E-state index contributed by atoms with van der Waals surface area (Å²) >= 11 is 0. The third-order valence-corrected chi connectivity index (χ3v) is 4.11. The van der Waals surface area contributed by atoms with Crippen molar-refractivity contribution in [3.05, 3.63) is 59.2 Å². The van der Waals surface area contributed by atoms with Crippen LogP contribution in [0, 0.1) is 20.8 Å². The van der Waals surface area contributed by atoms with Crippen molar-refractivity contribution < 1.29 is 19.1 Å². The highest BCUT2D eigenvalue weighted by Crippen LogP contribution is 2.22. The molecule has 0 aliphatic rings. The lowest BCUT2D eigenvalue weighted by molar-refractivity contribution is -0.134. The predicted octanol–water partition coefficient (Wildman–Crippen LogP) is 3.00. The number of hydrogen-bond donors (Lipinski definition) is 2. The summed E-state index contributed by atoms with van der Waals surface area (Å²) in [6, 6.07) is 13.2. The molecule has 2 rings (SSSR count). The fourth-order valence-corrected chi connectivity index (χ4v) is 2.58. The van der Waals surface area contributed by atoms with Gasteiger partial charge in [0, 0.05) is 0 Å². The zero-order valence-corrected chi connectivity index (χ0v) is 16.2. The summed E-state index contributed by atoms with van der Waals surface area (Å²) in [4.78, 5) is 24.3. The van der Waals surface area contributed by atoms with Crippen LogP contribution in [0.3, 0.4) is 0 Å². The molecule has 0 radical (unpaired) electrons. The average Bonchev–Trinajstić information content (AvgIpc) is 2.65. The second kappa shape index (κ2) is 9.62. The van der Waals surface area contributed by atoms with Crippen LogP contribution in [0.15, 0.2) is 42.5 Å². The summed E-state index contributed by atoms with van der Waals surface area (Å²) in [6.45, 7) is 7.38. The molecule has 0 saturated carbocycles. The van der Waals surface area contributed by atoms with Crippen LogP contribution in [0.5, 0.6) is 11.5 Å². The third-order valence-electron chi connectivity index (χ3n) is 4.11. The standard InChI is InChI=1S/C21H26N2O4/c1-5-17(27-18-12-7-6-9-14(18)2)21(25)23-22-19(24)13-26-20-15(3)10-8-11-16(20)4/h6-12,17H,5,13H2,1-4H3,(H,22,24)(H,23,25). The molecule has 2 aromatic rings. The SMILES string of the molecule is CCC(Oc1ccccc1C)C(=O)NNC(=O)COc1c(C)cccc1C. The highest BCUT2D eigenvalue weighted by Gasteiger charge is 2.19. The van der Waals surface area contributed by atoms with E-state index in [1.165, 1.54) is 0 Å². The summed E-state index contributed by atoms with van der Waals surface area (Å²) in [5.74, 6) is 0.454. The molecule has 0 saturated heterocycles. The van der Waals surface area contributed by atoms with Crippen LogP contribution in [-0.4, -0.2) is 24.5 Å². The zero-order valence-electron chi connectivity index (χ0n) is 16.2. The predicted molar refractivity (Wildman–Crippen MR) is 104 cm³/mol. The van der Waals surface area contributed by atoms with Gasteiger partial charge < -0.3 is 9.47 Å². The van der Waals surface area contributed by atoms with Gasteiger partial charge in [-0.2, -0.15) is 0 Å². The summed E-state index contributed by atoms with van der Waals surface area (Å²) in [5.41, 5.74) is 7.60. The Bertz CT molecular complexity index is 784. The van der Waals surface area contributed by atoms with E-state index < -0.39 is 17.9 Å². The number of carbonyl (C=O) groups is 2. The van der Waals surface area contributed by atoms with Crippen LogP contribution in [0.1, 0.15) is 30.0 Å². The Balaban J connectivity index is 1.84. The molecule has 144 valence electrons. The van der Waals surface area contributed by atoms with Gasteiger partial charge in [0.05, 0.1) is 0 Å². The van der Waals surface area contributed by atoms with Crippen molar-refractivity contribution in [3.8, 4) is 11.5 Å². The monoisotopic (exact) mass is 370 g/mol. The first-order valence-corrected chi connectivity index (χ1v) is 8.92. The molecule has 2 aromatic carbocycles. The van der Waals surface area contributed by atoms with Crippen molar-refractivity contribution in [3.63, 3.8) is 0 Å². The quantitative estimate of drug-likeness (QED) is 0.735. The molecule has 0 spiro atoms. The molecule has 6 heteroatoms. The van der Waals surface area contributed by atoms with E-state index in [1.54, 1.807) is 0 Å². The number of nitrogens with one attached hydrogen (secondary N) is 2. The minimum Gasteiger partial charge on any atom is -0.483 e. The van der Waals surface area contributed by atoms with Crippen LogP contribution in [0.4, 0.5) is 0 Å². The molecule has 0 bridgehead atoms. The Labute approximate surface area is 159 Å². The summed E-state index contributed by atoms with van der Waals surface area (Å²) < 4.78 is 11.3. The Kier molecular flexibility index (Phi) is 7.23. The molecule has 0 aliphatic carbocycles. The van der Waals surface area contributed by atoms with Gasteiger partial charge in [-0.3, -0.25) is 20.4 Å². The molecule has 1 atom stereocenters. The highest BCUT2D eigenvalue weighted by molar-refractivity contribution is 5.85. The molecular formula is C21H26N2O4. The maximum absolute atomic E-state index is 12.3. The van der Waals surface area contributed by atoms with Gasteiger partial charge in [-0.25, -0.2) is 0 Å². The van der Waals surface area contributed by atoms with Crippen molar-refractivity contribution in [2.45, 2.75) is 40.2 Å². The largest absolute Gasteiger partial charge is 0.483 e. The Morgan fingerprint density at radius 2 is 1.56 bits per heavy atom. The molecule has 0 aliphatic heterocycles. The number of para-hydroxylation sites is 2. The van der Waals surface area contributed by atoms with Crippen LogP contribution in [0.2, 0.25) is 0 Å². The number of aryl methyl sites for hydroxylation is 3. The van der Waals surface area contributed by atoms with Gasteiger partial charge in [0.2, 0.25) is 0 Å². The van der Waals surface area contributed by atoms with Crippen LogP contribution >= 0.6 is 0 Å². The minimum atomic E-state index is -0.703. The van der Waals surface area contributed by atoms with Gasteiger partial charge in [0.15, 0.2) is 12.7 Å². The second-order valence-electron chi connectivity index (χ2n) is 6.33. The van der Waals surface area contributed by atoms with Gasteiger partial charge >= 0.3 is 0 Å². The molecule has 2 N–H and O–H groups in total. The van der Waals surface area contributed by atoms with E-state index in [0.29, 0.717) is 17.9 Å². The summed E-state index contributed by atoms with van der Waals surface area (Å²) in [6.07, 6.45) is -0.236. The van der Waals surface area contributed by atoms with Crippen molar-refractivity contribution >= 4 is 11.8 Å². The summed E-state index contributed by atoms with van der Waals surface area (Å²) in [5, 5.41) is 0. The first-order valence-electron chi connectivity index (χ1n) is 8.92. The fourth-order valence-electron chi connectivity index (χ4n) is 2.58. The lowest BCUT2D eigenvalue weighted by Gasteiger charge is -2.19. The number of hydrogen-bond acceptors (Lipinski definition) is 4. The number of carbonyl (C=O) groups excluding carboxylic acids is 2. The summed E-state index contributed by atoms with van der Waals surface area (Å²) in [7, 11) is 0. The number of hydrazine groups is 1. The van der Waals surface area contributed by atoms with Crippen LogP contribution in [0.25, 0.3) is 0 Å². The van der Waals surface area contributed by atoms with Crippen molar-refractivity contribution in [1.82, 2.24) is 10.9 Å². The van der Waals surface area contributed by atoms with E-state index in [4.69, 9.17) is 9.47 Å². The van der Waals surface area contributed by atoms with Gasteiger partial charge in [-0.1, -0.05) is 43.3 Å². The maximum atomic E-state index is 12.3. The van der Waals surface area contributed by atoms with E-state index in [-0.39, 0.29) is 6.61 Å². The molecule has 2 amide bonds. The Hall–Kier alpha value is -3.02. The van der Waals surface area contributed by atoms with Crippen molar-refractivity contribution in [2.75, 3.05) is 6.61 Å². The first kappa shape index (κ1) is 20.3. The Morgan fingerprint density at radius 3 is 2.19 bits per heavy atom.